The Bertz CT molecular complexity index is 798. The minimum Gasteiger partial charge on any atom is -0.481 e. The van der Waals surface area contributed by atoms with Crippen LogP contribution in [0.5, 0.6) is 0 Å². The number of benzene rings is 2. The van der Waals surface area contributed by atoms with Gasteiger partial charge in [-0.2, -0.15) is 0 Å². The summed E-state index contributed by atoms with van der Waals surface area (Å²) in [7, 11) is 0. The monoisotopic (exact) mass is 382 g/mol. The fraction of sp³-hybridized carbons (Fsp3) is 0.348. The van der Waals surface area contributed by atoms with Gasteiger partial charge in [-0.1, -0.05) is 74.5 Å². The minimum absolute atomic E-state index is 0.107. The van der Waals surface area contributed by atoms with Gasteiger partial charge in [0.2, 0.25) is 0 Å². The molecule has 1 atom stereocenters. The number of ketones is 1. The van der Waals surface area contributed by atoms with Gasteiger partial charge >= 0.3 is 11.9 Å². The Labute approximate surface area is 165 Å². The average Bonchev–Trinajstić information content (AvgIpc) is 2.66. The lowest BCUT2D eigenvalue weighted by Gasteiger charge is -2.35. The van der Waals surface area contributed by atoms with Crippen molar-refractivity contribution >= 4 is 17.7 Å². The summed E-state index contributed by atoms with van der Waals surface area (Å²) >= 11 is 0. The van der Waals surface area contributed by atoms with E-state index in [1.165, 1.54) is 0 Å². The average molecular weight is 382 g/mol. The van der Waals surface area contributed by atoms with Crippen LogP contribution in [0.25, 0.3) is 0 Å². The van der Waals surface area contributed by atoms with E-state index < -0.39 is 29.6 Å². The first-order valence-electron chi connectivity index (χ1n) is 9.32. The molecule has 0 aliphatic heterocycles. The molecule has 0 fully saturated rings. The molecule has 0 aliphatic carbocycles. The molecule has 0 heterocycles. The van der Waals surface area contributed by atoms with Gasteiger partial charge in [0.1, 0.15) is 18.8 Å². The largest absolute Gasteiger partial charge is 0.481 e. The van der Waals surface area contributed by atoms with Gasteiger partial charge in [0, 0.05) is 6.42 Å². The molecule has 0 spiro atoms. The third kappa shape index (κ3) is 5.78. The summed E-state index contributed by atoms with van der Waals surface area (Å²) in [4.78, 5) is 36.5. The normalized spacial score (nSPS) is 13.0. The number of carboxylic acid groups (broad SMARTS) is 1. The fourth-order valence-corrected chi connectivity index (χ4v) is 3.26. The Morgan fingerprint density at radius 1 is 0.929 bits per heavy atom. The number of carbonyl (C=O) groups excluding carboxylic acids is 2. The highest BCUT2D eigenvalue weighted by Crippen LogP contribution is 2.38. The second-order valence-corrected chi connectivity index (χ2v) is 7.32. The van der Waals surface area contributed by atoms with Gasteiger partial charge in [0.25, 0.3) is 0 Å². The predicted octanol–water partition coefficient (Wildman–Crippen LogP) is 4.05. The molecule has 0 bridgehead atoms. The van der Waals surface area contributed by atoms with Crippen LogP contribution in [-0.4, -0.2) is 22.8 Å². The molecule has 2 rings (SSSR count). The van der Waals surface area contributed by atoms with E-state index >= 15 is 0 Å². The number of hydrogen-bond acceptors (Lipinski definition) is 4. The summed E-state index contributed by atoms with van der Waals surface area (Å²) < 4.78 is 5.59. The SMILES string of the molecule is CC(C)C(CC(=O)CC(=O)O)(Cc1ccccc1)C(=O)OCc1ccccc1. The molecule has 5 nitrogen and oxygen atoms in total. The van der Waals surface area contributed by atoms with E-state index in [1.807, 2.05) is 74.5 Å². The molecule has 2 aromatic carbocycles. The van der Waals surface area contributed by atoms with Crippen molar-refractivity contribution in [3.63, 3.8) is 0 Å². The van der Waals surface area contributed by atoms with E-state index in [0.717, 1.165) is 11.1 Å². The summed E-state index contributed by atoms with van der Waals surface area (Å²) in [6.07, 6.45) is -0.459. The van der Waals surface area contributed by atoms with Crippen molar-refractivity contribution in [2.75, 3.05) is 0 Å². The summed E-state index contributed by atoms with van der Waals surface area (Å²) in [5.74, 6) is -2.36. The van der Waals surface area contributed by atoms with Crippen LogP contribution >= 0.6 is 0 Å². The van der Waals surface area contributed by atoms with Gasteiger partial charge in [0.05, 0.1) is 5.41 Å². The standard InChI is InChI=1S/C23H26O5/c1-17(2)23(15-20(24)13-21(25)26,14-18-9-5-3-6-10-18)22(27)28-16-19-11-7-4-8-12-19/h3-12,17H,13-16H2,1-2H3,(H,25,26). The van der Waals surface area contributed by atoms with Crippen LogP contribution in [0.1, 0.15) is 37.8 Å². The molecule has 0 amide bonds. The molecule has 0 aromatic heterocycles. The lowest BCUT2D eigenvalue weighted by atomic mass is 9.69. The van der Waals surface area contributed by atoms with Gasteiger partial charge in [-0.25, -0.2) is 0 Å². The molecule has 28 heavy (non-hydrogen) atoms. The van der Waals surface area contributed by atoms with E-state index in [9.17, 15) is 14.4 Å². The molecule has 1 unspecified atom stereocenters. The third-order valence-electron chi connectivity index (χ3n) is 4.95. The molecule has 5 heteroatoms. The zero-order valence-electron chi connectivity index (χ0n) is 16.3. The molecule has 1 N–H and O–H groups in total. The molecule has 2 aromatic rings. The van der Waals surface area contributed by atoms with Crippen molar-refractivity contribution in [1.82, 2.24) is 0 Å². The Morgan fingerprint density at radius 3 is 1.96 bits per heavy atom. The number of carbonyl (C=O) groups is 3. The molecule has 0 aliphatic rings. The van der Waals surface area contributed by atoms with Crippen molar-refractivity contribution < 1.29 is 24.2 Å². The number of hydrogen-bond donors (Lipinski definition) is 1. The lowest BCUT2D eigenvalue weighted by Crippen LogP contribution is -2.42. The molecule has 148 valence electrons. The maximum Gasteiger partial charge on any atom is 0.313 e. The van der Waals surface area contributed by atoms with Gasteiger partial charge in [0.15, 0.2) is 0 Å². The smallest absolute Gasteiger partial charge is 0.313 e. The topological polar surface area (TPSA) is 80.7 Å². The minimum atomic E-state index is -1.19. The van der Waals surface area contributed by atoms with Crippen LogP contribution in [0.4, 0.5) is 0 Å². The van der Waals surface area contributed by atoms with Crippen molar-refractivity contribution in [2.45, 2.75) is 39.7 Å². The van der Waals surface area contributed by atoms with Crippen LogP contribution in [0.15, 0.2) is 60.7 Å². The highest BCUT2D eigenvalue weighted by molar-refractivity contribution is 5.97. The molecular weight excluding hydrogens is 356 g/mol. The van der Waals surface area contributed by atoms with Crippen molar-refractivity contribution in [3.05, 3.63) is 71.8 Å². The van der Waals surface area contributed by atoms with Crippen LogP contribution < -0.4 is 0 Å². The van der Waals surface area contributed by atoms with Crippen molar-refractivity contribution in [1.29, 1.82) is 0 Å². The number of ether oxygens (including phenoxy) is 1. The number of Topliss-reactive ketones (excluding diaryl/α,β-unsaturated/α-hetero) is 1. The van der Waals surface area contributed by atoms with Crippen molar-refractivity contribution in [2.24, 2.45) is 11.3 Å². The number of carboxylic acids is 1. The molecule has 0 saturated heterocycles. The summed E-state index contributed by atoms with van der Waals surface area (Å²) in [6.45, 7) is 3.83. The first kappa shape index (κ1) is 21.4. The van der Waals surface area contributed by atoms with E-state index in [0.29, 0.717) is 6.42 Å². The number of aliphatic carboxylic acids is 1. The third-order valence-corrected chi connectivity index (χ3v) is 4.95. The predicted molar refractivity (Wildman–Crippen MR) is 106 cm³/mol. The van der Waals surface area contributed by atoms with Crippen LogP contribution in [-0.2, 0) is 32.1 Å². The quantitative estimate of drug-likeness (QED) is 0.495. The summed E-state index contributed by atoms with van der Waals surface area (Å²) in [5, 5.41) is 8.96. The highest BCUT2D eigenvalue weighted by atomic mass is 16.5. The molecule has 0 radical (unpaired) electrons. The second kappa shape index (κ2) is 9.83. The van der Waals surface area contributed by atoms with E-state index in [4.69, 9.17) is 9.84 Å². The van der Waals surface area contributed by atoms with Gasteiger partial charge in [-0.15, -0.1) is 0 Å². The number of esters is 1. The zero-order valence-corrected chi connectivity index (χ0v) is 16.3. The number of rotatable bonds is 10. The van der Waals surface area contributed by atoms with Crippen molar-refractivity contribution in [3.8, 4) is 0 Å². The first-order valence-corrected chi connectivity index (χ1v) is 9.32. The Morgan fingerprint density at radius 2 is 1.46 bits per heavy atom. The maximum absolute atomic E-state index is 13.2. The Kier molecular flexibility index (Phi) is 7.50. The summed E-state index contributed by atoms with van der Waals surface area (Å²) in [5.41, 5.74) is 0.629. The fourth-order valence-electron chi connectivity index (χ4n) is 3.26. The zero-order chi connectivity index (χ0) is 20.6. The van der Waals surface area contributed by atoms with Gasteiger partial charge < -0.3 is 9.84 Å². The van der Waals surface area contributed by atoms with Crippen LogP contribution in [0.2, 0.25) is 0 Å². The maximum atomic E-state index is 13.2. The van der Waals surface area contributed by atoms with Gasteiger partial charge in [-0.3, -0.25) is 14.4 Å². The molecule has 0 saturated carbocycles. The van der Waals surface area contributed by atoms with E-state index in [1.54, 1.807) is 0 Å². The highest BCUT2D eigenvalue weighted by Gasteiger charge is 2.45. The second-order valence-electron chi connectivity index (χ2n) is 7.32. The van der Waals surface area contributed by atoms with E-state index in [-0.39, 0.29) is 18.9 Å². The van der Waals surface area contributed by atoms with Gasteiger partial charge in [-0.05, 0) is 23.5 Å². The lowest BCUT2D eigenvalue weighted by molar-refractivity contribution is -0.163. The summed E-state index contributed by atoms with van der Waals surface area (Å²) in [6, 6.07) is 18.7. The Hall–Kier alpha value is -2.95. The van der Waals surface area contributed by atoms with Crippen LogP contribution in [0, 0.1) is 11.3 Å². The van der Waals surface area contributed by atoms with Crippen LogP contribution in [0.3, 0.4) is 0 Å². The molecular formula is C23H26O5. The first-order chi connectivity index (χ1) is 13.3. The van der Waals surface area contributed by atoms with E-state index in [2.05, 4.69) is 0 Å². The Balaban J connectivity index is 2.29.